The van der Waals surface area contributed by atoms with E-state index >= 15 is 0 Å². The zero-order chi connectivity index (χ0) is 19.9. The number of nitrogens with two attached hydrogens (primary N) is 2. The van der Waals surface area contributed by atoms with Crippen molar-refractivity contribution in [3.63, 3.8) is 0 Å². The lowest BCUT2D eigenvalue weighted by atomic mass is 10.1. The number of phenolic OH excluding ortho intramolecular Hbond substituents is 1. The molecule has 0 aromatic heterocycles. The van der Waals surface area contributed by atoms with E-state index < -0.39 is 4.92 Å². The summed E-state index contributed by atoms with van der Waals surface area (Å²) < 4.78 is 0. The summed E-state index contributed by atoms with van der Waals surface area (Å²) >= 11 is 12.7. The second kappa shape index (κ2) is 7.18. The Morgan fingerprint density at radius 3 is 2.41 bits per heavy atom. The van der Waals surface area contributed by atoms with Gasteiger partial charge in [0.1, 0.15) is 5.69 Å². The number of fused-ring (bicyclic) bond motifs is 1. The Hall–Kier alpha value is -2.63. The third-order valence-corrected chi connectivity index (χ3v) is 4.81. The number of anilines is 2. The molecule has 0 bridgehead atoms. The van der Waals surface area contributed by atoms with Crippen molar-refractivity contribution in [3.05, 3.63) is 40.4 Å². The van der Waals surface area contributed by atoms with E-state index in [-0.39, 0.29) is 44.5 Å². The fourth-order valence-electron chi connectivity index (χ4n) is 2.51. The van der Waals surface area contributed by atoms with Crippen LogP contribution in [-0.2, 0) is 0 Å². The highest BCUT2D eigenvalue weighted by molar-refractivity contribution is 7.81. The number of hydrogen-bond acceptors (Lipinski definition) is 10. The first-order valence-electron chi connectivity index (χ1n) is 7.35. The summed E-state index contributed by atoms with van der Waals surface area (Å²) in [6.07, 6.45) is 0. The van der Waals surface area contributed by atoms with E-state index in [0.29, 0.717) is 15.2 Å². The van der Waals surface area contributed by atoms with Gasteiger partial charge in [0.25, 0.3) is 5.69 Å². The summed E-state index contributed by atoms with van der Waals surface area (Å²) in [5.74, 6) is -0.296. The summed E-state index contributed by atoms with van der Waals surface area (Å²) in [6.45, 7) is 0. The van der Waals surface area contributed by atoms with E-state index in [1.54, 1.807) is 12.1 Å². The highest BCUT2D eigenvalue weighted by Gasteiger charge is 2.18. The Morgan fingerprint density at radius 1 is 1.04 bits per heavy atom. The molecule has 27 heavy (non-hydrogen) atoms. The van der Waals surface area contributed by atoms with Gasteiger partial charge in [-0.15, -0.1) is 48.1 Å². The molecular weight excluding hydrogens is 406 g/mol. The third kappa shape index (κ3) is 3.48. The minimum atomic E-state index is -0.595. The number of rotatable bonds is 3. The Labute approximate surface area is 169 Å². The van der Waals surface area contributed by atoms with Gasteiger partial charge < -0.3 is 16.6 Å². The van der Waals surface area contributed by atoms with Crippen LogP contribution in [0.5, 0.6) is 5.75 Å². The molecule has 0 spiro atoms. The van der Waals surface area contributed by atoms with Crippen LogP contribution in [0, 0.1) is 10.1 Å². The van der Waals surface area contributed by atoms with Crippen molar-refractivity contribution in [2.75, 3.05) is 11.5 Å². The lowest BCUT2D eigenvalue weighted by Gasteiger charge is -2.12. The molecule has 5 N–H and O–H groups in total. The first-order chi connectivity index (χ1) is 12.7. The predicted molar refractivity (Wildman–Crippen MR) is 113 cm³/mol. The van der Waals surface area contributed by atoms with Crippen LogP contribution in [0.2, 0.25) is 0 Å². The van der Waals surface area contributed by atoms with Crippen LogP contribution in [0.4, 0.5) is 28.4 Å². The normalized spacial score (nSPS) is 11.4. The van der Waals surface area contributed by atoms with Crippen LogP contribution in [0.25, 0.3) is 10.8 Å². The summed E-state index contributed by atoms with van der Waals surface area (Å²) in [5, 5.41) is 30.5. The maximum absolute atomic E-state index is 11.2. The van der Waals surface area contributed by atoms with Crippen molar-refractivity contribution < 1.29 is 10.0 Å². The van der Waals surface area contributed by atoms with Gasteiger partial charge in [-0.3, -0.25) is 10.1 Å². The number of nitrogen functional groups attached to an aromatic ring is 2. The van der Waals surface area contributed by atoms with Crippen molar-refractivity contribution in [1.29, 1.82) is 0 Å². The highest BCUT2D eigenvalue weighted by Crippen LogP contribution is 2.46. The number of nitro benzene ring substituents is 1. The van der Waals surface area contributed by atoms with Crippen molar-refractivity contribution in [2.45, 2.75) is 14.7 Å². The number of hydrogen-bond donors (Lipinski definition) is 6. The molecular formula is C16H13N5O3S3. The van der Waals surface area contributed by atoms with Crippen molar-refractivity contribution >= 4 is 77.1 Å². The van der Waals surface area contributed by atoms with Crippen LogP contribution < -0.4 is 11.5 Å². The molecule has 3 aromatic carbocycles. The summed E-state index contributed by atoms with van der Waals surface area (Å²) in [6, 6.07) is 7.37. The average Bonchev–Trinajstić information content (AvgIpc) is 2.60. The zero-order valence-electron chi connectivity index (χ0n) is 13.5. The van der Waals surface area contributed by atoms with Gasteiger partial charge in [-0.25, -0.2) is 0 Å². The molecule has 0 atom stereocenters. The molecule has 138 valence electrons. The zero-order valence-corrected chi connectivity index (χ0v) is 16.2. The maximum atomic E-state index is 11.2. The van der Waals surface area contributed by atoms with Crippen LogP contribution in [0.15, 0.2) is 55.2 Å². The highest BCUT2D eigenvalue weighted by atomic mass is 32.1. The molecule has 0 aliphatic heterocycles. The molecule has 3 rings (SSSR count). The summed E-state index contributed by atoms with van der Waals surface area (Å²) in [7, 11) is 0. The van der Waals surface area contributed by atoms with Gasteiger partial charge in [0.2, 0.25) is 0 Å². The topological polar surface area (TPSA) is 140 Å². The molecule has 11 heteroatoms. The standard InChI is InChI=1S/C16H13N5O3S3/c17-8-5-11(26)7-4-12(27)15(16(22)13(7)14(8)18)20-19-9-2-1-6(25)3-10(9)21(23)24/h1-5,22,25-27H,17-18H2/b20-19+. The summed E-state index contributed by atoms with van der Waals surface area (Å²) in [4.78, 5) is 11.8. The van der Waals surface area contributed by atoms with Gasteiger partial charge in [0.05, 0.1) is 21.7 Å². The van der Waals surface area contributed by atoms with E-state index in [4.69, 9.17) is 11.5 Å². The molecule has 0 aliphatic carbocycles. The molecule has 0 radical (unpaired) electrons. The predicted octanol–water partition coefficient (Wildman–Crippen LogP) is 4.90. The van der Waals surface area contributed by atoms with Gasteiger partial charge in [0.15, 0.2) is 11.4 Å². The van der Waals surface area contributed by atoms with Crippen molar-refractivity contribution in [3.8, 4) is 5.75 Å². The minimum absolute atomic E-state index is 0.000106. The molecule has 0 aliphatic rings. The second-order valence-corrected chi connectivity index (χ2v) is 7.02. The van der Waals surface area contributed by atoms with E-state index in [0.717, 1.165) is 0 Å². The van der Waals surface area contributed by atoms with Crippen LogP contribution >= 0.6 is 37.9 Å². The Morgan fingerprint density at radius 2 is 1.74 bits per heavy atom. The van der Waals surface area contributed by atoms with E-state index in [1.807, 2.05) is 0 Å². The second-order valence-electron chi connectivity index (χ2n) is 5.54. The Balaban J connectivity index is 2.21. The molecule has 0 saturated heterocycles. The largest absolute Gasteiger partial charge is 0.505 e. The van der Waals surface area contributed by atoms with Gasteiger partial charge >= 0.3 is 0 Å². The molecule has 8 nitrogen and oxygen atoms in total. The Kier molecular flexibility index (Phi) is 5.09. The number of aromatic hydroxyl groups is 1. The molecule has 3 aromatic rings. The van der Waals surface area contributed by atoms with Gasteiger partial charge in [-0.1, -0.05) is 0 Å². The SMILES string of the molecule is Nc1cc(S)c2cc(S)c(/N=N/c3ccc(S)cc3[N+](=O)[O-])c(O)c2c1N. The summed E-state index contributed by atoms with van der Waals surface area (Å²) in [5.41, 5.74) is 12.0. The van der Waals surface area contributed by atoms with Crippen LogP contribution in [-0.4, -0.2) is 10.0 Å². The lowest BCUT2D eigenvalue weighted by Crippen LogP contribution is -1.97. The fraction of sp³-hybridized carbons (Fsp3) is 0. The number of benzene rings is 3. The number of phenols is 1. The van der Waals surface area contributed by atoms with Crippen LogP contribution in [0.3, 0.4) is 0 Å². The van der Waals surface area contributed by atoms with Gasteiger partial charge in [-0.05, 0) is 24.3 Å². The first kappa shape index (κ1) is 19.1. The average molecular weight is 420 g/mol. The maximum Gasteiger partial charge on any atom is 0.297 e. The van der Waals surface area contributed by atoms with E-state index in [2.05, 4.69) is 48.1 Å². The number of thiol groups is 3. The molecule has 0 amide bonds. The molecule has 0 unspecified atom stereocenters. The van der Waals surface area contributed by atoms with Gasteiger partial charge in [0, 0.05) is 26.1 Å². The van der Waals surface area contributed by atoms with Crippen molar-refractivity contribution in [2.24, 2.45) is 10.2 Å². The smallest absolute Gasteiger partial charge is 0.297 e. The lowest BCUT2D eigenvalue weighted by molar-refractivity contribution is -0.384. The molecule has 0 heterocycles. The fourth-order valence-corrected chi connectivity index (χ4v) is 3.30. The Bertz CT molecular complexity index is 1130. The minimum Gasteiger partial charge on any atom is -0.505 e. The van der Waals surface area contributed by atoms with Crippen LogP contribution in [0.1, 0.15) is 0 Å². The number of nitro groups is 1. The molecule has 0 saturated carbocycles. The number of azo groups is 1. The quantitative estimate of drug-likeness (QED) is 0.118. The van der Waals surface area contributed by atoms with E-state index in [9.17, 15) is 15.2 Å². The first-order valence-corrected chi connectivity index (χ1v) is 8.69. The molecule has 0 fully saturated rings. The van der Waals surface area contributed by atoms with Crippen molar-refractivity contribution in [1.82, 2.24) is 0 Å². The number of nitrogens with zero attached hydrogens (tertiary/aromatic N) is 3. The van der Waals surface area contributed by atoms with Gasteiger partial charge in [-0.2, -0.15) is 0 Å². The van der Waals surface area contributed by atoms with E-state index in [1.165, 1.54) is 18.2 Å². The third-order valence-electron chi connectivity index (χ3n) is 3.82. The monoisotopic (exact) mass is 419 g/mol.